The molecule has 0 radical (unpaired) electrons. The first-order chi connectivity index (χ1) is 12.4. The van der Waals surface area contributed by atoms with Gasteiger partial charge in [0.2, 0.25) is 10.0 Å². The molecule has 1 aliphatic rings. The Morgan fingerprint density at radius 2 is 1.85 bits per heavy atom. The van der Waals surface area contributed by atoms with Gasteiger partial charge in [-0.1, -0.05) is 35.9 Å². The number of carbonyl (C=O) groups excluding carboxylic acids is 1. The Balaban J connectivity index is 1.81. The molecule has 5 nitrogen and oxygen atoms in total. The van der Waals surface area contributed by atoms with Crippen LogP contribution in [0.2, 0.25) is 5.02 Å². The predicted octanol–water partition coefficient (Wildman–Crippen LogP) is 3.79. The number of sulfonamides is 1. The number of ether oxygens (including phenoxy) is 1. The van der Waals surface area contributed by atoms with Crippen LogP contribution in [0.15, 0.2) is 47.4 Å². The third-order valence-corrected chi connectivity index (χ3v) is 6.71. The highest BCUT2D eigenvalue weighted by atomic mass is 35.5. The molecule has 138 valence electrons. The van der Waals surface area contributed by atoms with Gasteiger partial charge >= 0.3 is 5.97 Å². The zero-order valence-corrected chi connectivity index (χ0v) is 16.0. The number of aryl methyl sites for hydroxylation is 1. The average molecular weight is 394 g/mol. The van der Waals surface area contributed by atoms with Gasteiger partial charge in [-0.2, -0.15) is 4.31 Å². The quantitative estimate of drug-likeness (QED) is 0.725. The van der Waals surface area contributed by atoms with Crippen LogP contribution in [-0.4, -0.2) is 31.8 Å². The molecule has 0 aromatic heterocycles. The molecule has 1 saturated heterocycles. The summed E-state index contributed by atoms with van der Waals surface area (Å²) in [6.45, 7) is 2.81. The lowest BCUT2D eigenvalue weighted by Crippen LogP contribution is -2.28. The van der Waals surface area contributed by atoms with E-state index < -0.39 is 16.0 Å². The van der Waals surface area contributed by atoms with Crippen molar-refractivity contribution in [3.8, 4) is 0 Å². The minimum atomic E-state index is -3.58. The molecule has 2 aromatic rings. The molecule has 2 aromatic carbocycles. The highest BCUT2D eigenvalue weighted by Crippen LogP contribution is 2.24. The summed E-state index contributed by atoms with van der Waals surface area (Å²) in [4.78, 5) is 12.6. The summed E-state index contributed by atoms with van der Waals surface area (Å²) in [5.41, 5.74) is 1.60. The number of esters is 1. The van der Waals surface area contributed by atoms with Crippen LogP contribution >= 0.6 is 11.6 Å². The smallest absolute Gasteiger partial charge is 0.338 e. The Hall–Kier alpha value is -1.89. The van der Waals surface area contributed by atoms with E-state index in [-0.39, 0.29) is 17.1 Å². The van der Waals surface area contributed by atoms with E-state index in [0.29, 0.717) is 29.2 Å². The second kappa shape index (κ2) is 7.78. The van der Waals surface area contributed by atoms with Crippen molar-refractivity contribution in [2.24, 2.45) is 0 Å². The zero-order chi connectivity index (χ0) is 18.7. The van der Waals surface area contributed by atoms with Gasteiger partial charge in [0, 0.05) is 23.7 Å². The molecule has 0 atom stereocenters. The maximum atomic E-state index is 12.7. The fourth-order valence-corrected chi connectivity index (χ4v) is 4.63. The highest BCUT2D eigenvalue weighted by molar-refractivity contribution is 7.89. The van der Waals surface area contributed by atoms with Crippen LogP contribution in [0.4, 0.5) is 0 Å². The fraction of sp³-hybridized carbons (Fsp3) is 0.316. The summed E-state index contributed by atoms with van der Waals surface area (Å²) in [5.74, 6) is -0.569. The van der Waals surface area contributed by atoms with Gasteiger partial charge in [-0.05, 0) is 43.5 Å². The summed E-state index contributed by atoms with van der Waals surface area (Å²) in [6.07, 6.45) is 1.72. The second-order valence-electron chi connectivity index (χ2n) is 6.26. The molecular formula is C19H20ClNO4S. The summed E-state index contributed by atoms with van der Waals surface area (Å²) >= 11 is 6.07. The standard InChI is InChI=1S/C19H20ClNO4S/c1-14-8-9-16(26(23,24)21-10-4-5-11-21)12-17(14)19(22)25-13-15-6-2-3-7-18(15)20/h2-3,6-9,12H,4-5,10-11,13H2,1H3. The van der Waals surface area contributed by atoms with Crippen LogP contribution < -0.4 is 0 Å². The molecule has 0 saturated carbocycles. The van der Waals surface area contributed by atoms with Crippen molar-refractivity contribution in [3.05, 3.63) is 64.2 Å². The van der Waals surface area contributed by atoms with Crippen LogP contribution in [0, 0.1) is 6.92 Å². The largest absolute Gasteiger partial charge is 0.457 e. The van der Waals surface area contributed by atoms with Gasteiger partial charge in [-0.3, -0.25) is 0 Å². The molecule has 1 fully saturated rings. The lowest BCUT2D eigenvalue weighted by Gasteiger charge is -2.16. The topological polar surface area (TPSA) is 63.7 Å². The van der Waals surface area contributed by atoms with Gasteiger partial charge in [-0.15, -0.1) is 0 Å². The van der Waals surface area contributed by atoms with Gasteiger partial charge in [0.05, 0.1) is 10.5 Å². The Morgan fingerprint density at radius 3 is 2.54 bits per heavy atom. The summed E-state index contributed by atoms with van der Waals surface area (Å²) in [6, 6.07) is 11.7. The van der Waals surface area contributed by atoms with Crippen molar-refractivity contribution in [2.45, 2.75) is 31.3 Å². The van der Waals surface area contributed by atoms with Crippen molar-refractivity contribution in [1.82, 2.24) is 4.31 Å². The van der Waals surface area contributed by atoms with Crippen molar-refractivity contribution >= 4 is 27.6 Å². The van der Waals surface area contributed by atoms with E-state index in [1.54, 1.807) is 31.2 Å². The van der Waals surface area contributed by atoms with Crippen molar-refractivity contribution in [1.29, 1.82) is 0 Å². The Kier molecular flexibility index (Phi) is 5.65. The first-order valence-electron chi connectivity index (χ1n) is 8.41. The average Bonchev–Trinajstić information content (AvgIpc) is 3.16. The normalized spacial score (nSPS) is 15.2. The lowest BCUT2D eigenvalue weighted by atomic mass is 10.1. The van der Waals surface area contributed by atoms with Crippen LogP contribution in [0.1, 0.15) is 34.3 Å². The number of hydrogen-bond acceptors (Lipinski definition) is 4. The third-order valence-electron chi connectivity index (χ3n) is 4.45. The van der Waals surface area contributed by atoms with E-state index in [2.05, 4.69) is 0 Å². The maximum absolute atomic E-state index is 12.7. The number of benzene rings is 2. The van der Waals surface area contributed by atoms with Crippen LogP contribution in [0.3, 0.4) is 0 Å². The van der Waals surface area contributed by atoms with E-state index in [1.807, 2.05) is 6.07 Å². The number of nitrogens with zero attached hydrogens (tertiary/aromatic N) is 1. The molecular weight excluding hydrogens is 374 g/mol. The minimum Gasteiger partial charge on any atom is -0.457 e. The molecule has 0 spiro atoms. The van der Waals surface area contributed by atoms with E-state index in [4.69, 9.17) is 16.3 Å². The number of rotatable bonds is 5. The first-order valence-corrected chi connectivity index (χ1v) is 10.2. The Morgan fingerprint density at radius 1 is 1.15 bits per heavy atom. The van der Waals surface area contributed by atoms with Crippen LogP contribution in [0.5, 0.6) is 0 Å². The van der Waals surface area contributed by atoms with Gasteiger partial charge < -0.3 is 4.74 Å². The Labute approximate surface area is 158 Å². The maximum Gasteiger partial charge on any atom is 0.338 e. The highest BCUT2D eigenvalue weighted by Gasteiger charge is 2.28. The van der Waals surface area contributed by atoms with Crippen LogP contribution in [0.25, 0.3) is 0 Å². The summed E-state index contributed by atoms with van der Waals surface area (Å²) < 4.78 is 32.2. The summed E-state index contributed by atoms with van der Waals surface area (Å²) in [5, 5.41) is 0.516. The van der Waals surface area contributed by atoms with Crippen molar-refractivity contribution in [3.63, 3.8) is 0 Å². The molecule has 0 N–H and O–H groups in total. The monoisotopic (exact) mass is 393 g/mol. The number of halogens is 1. The van der Waals surface area contributed by atoms with E-state index in [9.17, 15) is 13.2 Å². The molecule has 0 bridgehead atoms. The molecule has 0 unspecified atom stereocenters. The molecule has 0 aliphatic carbocycles. The summed E-state index contributed by atoms with van der Waals surface area (Å²) in [7, 11) is -3.58. The van der Waals surface area contributed by atoms with Crippen LogP contribution in [-0.2, 0) is 21.4 Å². The fourth-order valence-electron chi connectivity index (χ4n) is 2.90. The number of hydrogen-bond donors (Lipinski definition) is 0. The second-order valence-corrected chi connectivity index (χ2v) is 8.60. The Bertz CT molecular complexity index is 921. The molecule has 26 heavy (non-hydrogen) atoms. The third kappa shape index (κ3) is 3.92. The first kappa shape index (κ1) is 18.9. The molecule has 0 amide bonds. The SMILES string of the molecule is Cc1ccc(S(=O)(=O)N2CCCC2)cc1C(=O)OCc1ccccc1Cl. The van der Waals surface area contributed by atoms with Gasteiger partial charge in [0.25, 0.3) is 0 Å². The van der Waals surface area contributed by atoms with Crippen molar-refractivity contribution in [2.75, 3.05) is 13.1 Å². The lowest BCUT2D eigenvalue weighted by molar-refractivity contribution is 0.0471. The molecule has 1 aliphatic heterocycles. The minimum absolute atomic E-state index is 0.0288. The van der Waals surface area contributed by atoms with Gasteiger partial charge in [-0.25, -0.2) is 13.2 Å². The molecule has 7 heteroatoms. The predicted molar refractivity (Wildman–Crippen MR) is 99.7 cm³/mol. The van der Waals surface area contributed by atoms with E-state index in [0.717, 1.165) is 12.8 Å². The van der Waals surface area contributed by atoms with Gasteiger partial charge in [0.1, 0.15) is 6.61 Å². The molecule has 1 heterocycles. The van der Waals surface area contributed by atoms with E-state index >= 15 is 0 Å². The van der Waals surface area contributed by atoms with E-state index in [1.165, 1.54) is 16.4 Å². The van der Waals surface area contributed by atoms with Gasteiger partial charge in [0.15, 0.2) is 0 Å². The number of carbonyl (C=O) groups is 1. The molecule has 3 rings (SSSR count). The van der Waals surface area contributed by atoms with Crippen molar-refractivity contribution < 1.29 is 17.9 Å². The zero-order valence-electron chi connectivity index (χ0n) is 14.4.